The van der Waals surface area contributed by atoms with Crippen LogP contribution >= 0.6 is 11.6 Å². The molecule has 0 fully saturated rings. The molecule has 0 atom stereocenters. The van der Waals surface area contributed by atoms with E-state index in [0.29, 0.717) is 0 Å². The van der Waals surface area contributed by atoms with E-state index in [0.717, 1.165) is 6.07 Å². The van der Waals surface area contributed by atoms with Crippen LogP contribution in [0, 0.1) is 0 Å². The maximum atomic E-state index is 10.8. The number of carboxylic acids is 1. The highest BCUT2D eigenvalue weighted by molar-refractivity contribution is 6.28. The fraction of sp³-hybridized carbons (Fsp3) is 0. The number of rotatable bonds is 1. The summed E-state index contributed by atoms with van der Waals surface area (Å²) < 4.78 is 4.29. The number of halogens is 1. The van der Waals surface area contributed by atoms with E-state index in [2.05, 4.69) is 4.42 Å². The van der Waals surface area contributed by atoms with Gasteiger partial charge in [0.2, 0.25) is 10.6 Å². The van der Waals surface area contributed by atoms with Gasteiger partial charge in [-0.2, -0.15) is 0 Å². The number of aromatic carboxylic acids is 1. The molecule has 0 spiro atoms. The Morgan fingerprint density at radius 3 is 2.58 bits per heavy atom. The van der Waals surface area contributed by atoms with Crippen LogP contribution in [-0.4, -0.2) is 16.2 Å². The van der Waals surface area contributed by atoms with Crippen molar-refractivity contribution in [3.8, 4) is 5.95 Å². The zero-order valence-corrected chi connectivity index (χ0v) is 6.33. The third-order valence-electron chi connectivity index (χ3n) is 1.11. The second kappa shape index (κ2) is 2.86. The second-order valence-corrected chi connectivity index (χ2v) is 2.27. The molecule has 12 heavy (non-hydrogen) atoms. The van der Waals surface area contributed by atoms with Crippen LogP contribution in [0.2, 0.25) is 5.22 Å². The number of carbonyl (C=O) groups is 1. The molecule has 0 aliphatic heterocycles. The van der Waals surface area contributed by atoms with Crippen LogP contribution in [0.5, 0.6) is 5.95 Å². The highest BCUT2D eigenvalue weighted by Gasteiger charge is 2.17. The Balaban J connectivity index is 3.49. The Kier molecular flexibility index (Phi) is 2.05. The Morgan fingerprint density at radius 2 is 2.17 bits per heavy atom. The molecule has 0 radical (unpaired) electrons. The summed E-state index contributed by atoms with van der Waals surface area (Å²) in [6.07, 6.45) is 0. The van der Waals surface area contributed by atoms with Crippen molar-refractivity contribution in [3.63, 3.8) is 0 Å². The van der Waals surface area contributed by atoms with E-state index in [4.69, 9.17) is 21.8 Å². The first-order valence-electron chi connectivity index (χ1n) is 2.78. The number of hydrogen-bond donors (Lipinski definition) is 2. The average molecular weight is 191 g/mol. The third kappa shape index (κ3) is 1.40. The van der Waals surface area contributed by atoms with Crippen molar-refractivity contribution in [2.45, 2.75) is 0 Å². The van der Waals surface area contributed by atoms with Crippen LogP contribution < -0.4 is 5.43 Å². The van der Waals surface area contributed by atoms with Crippen molar-refractivity contribution >= 4 is 17.6 Å². The standard InChI is InChI=1S/C6H3ClO5/c7-3-1-2(8)4(5(9)10)6(11)12-3/h1,11H,(H,9,10). The van der Waals surface area contributed by atoms with Crippen molar-refractivity contribution in [1.82, 2.24) is 0 Å². The summed E-state index contributed by atoms with van der Waals surface area (Å²) in [5.41, 5.74) is -1.71. The lowest BCUT2D eigenvalue weighted by Gasteiger charge is -1.95. The van der Waals surface area contributed by atoms with Gasteiger partial charge >= 0.3 is 11.9 Å². The lowest BCUT2D eigenvalue weighted by molar-refractivity contribution is 0.0686. The summed E-state index contributed by atoms with van der Waals surface area (Å²) in [6, 6.07) is 0.769. The molecule has 64 valence electrons. The average Bonchev–Trinajstić information content (AvgIpc) is 1.82. The van der Waals surface area contributed by atoms with Crippen molar-refractivity contribution in [3.05, 3.63) is 27.1 Å². The van der Waals surface area contributed by atoms with Crippen molar-refractivity contribution in [2.75, 3.05) is 0 Å². The van der Waals surface area contributed by atoms with Crippen LogP contribution in [0.1, 0.15) is 10.4 Å². The predicted octanol–water partition coefficient (Wildman–Crippen LogP) is 0.697. The highest BCUT2D eigenvalue weighted by Crippen LogP contribution is 2.17. The summed E-state index contributed by atoms with van der Waals surface area (Å²) in [7, 11) is 0. The quantitative estimate of drug-likeness (QED) is 0.681. The molecule has 2 N–H and O–H groups in total. The van der Waals surface area contributed by atoms with Gasteiger partial charge in [-0.3, -0.25) is 4.79 Å². The molecule has 0 aromatic carbocycles. The van der Waals surface area contributed by atoms with Crippen molar-refractivity contribution in [1.29, 1.82) is 0 Å². The number of hydrogen-bond acceptors (Lipinski definition) is 4. The van der Waals surface area contributed by atoms with Gasteiger partial charge in [-0.1, -0.05) is 0 Å². The number of carboxylic acid groups (broad SMARTS) is 1. The molecule has 0 amide bonds. The molecule has 6 heteroatoms. The Bertz CT molecular complexity index is 380. The molecule has 1 heterocycles. The Morgan fingerprint density at radius 1 is 1.58 bits per heavy atom. The molecule has 1 rings (SSSR count). The summed E-state index contributed by atoms with van der Waals surface area (Å²) >= 11 is 5.21. The Labute approximate surface area is 70.8 Å². The van der Waals surface area contributed by atoms with Gasteiger partial charge in [0.15, 0.2) is 5.56 Å². The van der Waals surface area contributed by atoms with E-state index < -0.39 is 22.9 Å². The second-order valence-electron chi connectivity index (χ2n) is 1.90. The summed E-state index contributed by atoms with van der Waals surface area (Å²) in [6.45, 7) is 0. The molecule has 0 aliphatic carbocycles. The van der Waals surface area contributed by atoms with Gasteiger partial charge in [-0.25, -0.2) is 4.79 Å². The molecule has 1 aromatic rings. The third-order valence-corrected chi connectivity index (χ3v) is 1.30. The van der Waals surface area contributed by atoms with Gasteiger partial charge in [0, 0.05) is 6.07 Å². The van der Waals surface area contributed by atoms with E-state index in [-0.39, 0.29) is 5.22 Å². The minimum absolute atomic E-state index is 0.359. The zero-order chi connectivity index (χ0) is 9.30. The molecule has 0 saturated carbocycles. The minimum Gasteiger partial charge on any atom is -0.480 e. The minimum atomic E-state index is -1.56. The van der Waals surface area contributed by atoms with E-state index in [1.165, 1.54) is 0 Å². The molecule has 0 aliphatic rings. The highest BCUT2D eigenvalue weighted by atomic mass is 35.5. The van der Waals surface area contributed by atoms with Gasteiger partial charge < -0.3 is 14.6 Å². The summed E-state index contributed by atoms with van der Waals surface area (Å²) in [5, 5.41) is 16.8. The molecular formula is C6H3ClO5. The lowest BCUT2D eigenvalue weighted by Crippen LogP contribution is -2.13. The molecular weight excluding hydrogens is 188 g/mol. The normalized spacial score (nSPS) is 9.75. The first-order valence-corrected chi connectivity index (χ1v) is 3.16. The first-order chi connectivity index (χ1) is 5.52. The van der Waals surface area contributed by atoms with Gasteiger partial charge in [0.25, 0.3) is 0 Å². The van der Waals surface area contributed by atoms with E-state index in [1.807, 2.05) is 0 Å². The van der Waals surface area contributed by atoms with Crippen molar-refractivity contribution in [2.24, 2.45) is 0 Å². The predicted molar refractivity (Wildman–Crippen MR) is 38.6 cm³/mol. The van der Waals surface area contributed by atoms with Crippen LogP contribution in [0.15, 0.2) is 15.3 Å². The maximum absolute atomic E-state index is 10.8. The van der Waals surface area contributed by atoms with Crippen LogP contribution in [-0.2, 0) is 0 Å². The Hall–Kier alpha value is -1.49. The van der Waals surface area contributed by atoms with E-state index in [1.54, 1.807) is 0 Å². The van der Waals surface area contributed by atoms with Gasteiger partial charge in [-0.15, -0.1) is 0 Å². The van der Waals surface area contributed by atoms with E-state index in [9.17, 15) is 9.59 Å². The van der Waals surface area contributed by atoms with Crippen LogP contribution in [0.25, 0.3) is 0 Å². The number of aromatic hydroxyl groups is 1. The molecule has 0 saturated heterocycles. The van der Waals surface area contributed by atoms with Gasteiger partial charge in [0.1, 0.15) is 0 Å². The molecule has 1 aromatic heterocycles. The van der Waals surface area contributed by atoms with Crippen LogP contribution in [0.4, 0.5) is 0 Å². The van der Waals surface area contributed by atoms with Gasteiger partial charge in [-0.05, 0) is 11.6 Å². The lowest BCUT2D eigenvalue weighted by atomic mass is 10.3. The SMILES string of the molecule is O=C(O)c1c(O)oc(Cl)cc1=O. The molecule has 0 bridgehead atoms. The zero-order valence-electron chi connectivity index (χ0n) is 5.57. The smallest absolute Gasteiger partial charge is 0.347 e. The van der Waals surface area contributed by atoms with Crippen molar-refractivity contribution < 1.29 is 19.4 Å². The van der Waals surface area contributed by atoms with E-state index >= 15 is 0 Å². The summed E-state index contributed by atoms with van der Waals surface area (Å²) in [4.78, 5) is 21.1. The first kappa shape index (κ1) is 8.61. The summed E-state index contributed by atoms with van der Waals surface area (Å²) in [5.74, 6) is -2.54. The fourth-order valence-corrected chi connectivity index (χ4v) is 0.823. The fourth-order valence-electron chi connectivity index (χ4n) is 0.650. The topological polar surface area (TPSA) is 87.7 Å². The monoisotopic (exact) mass is 190 g/mol. The maximum Gasteiger partial charge on any atom is 0.347 e. The molecule has 5 nitrogen and oxygen atoms in total. The van der Waals surface area contributed by atoms with Crippen LogP contribution in [0.3, 0.4) is 0 Å². The van der Waals surface area contributed by atoms with Gasteiger partial charge in [0.05, 0.1) is 0 Å². The molecule has 0 unspecified atom stereocenters. The largest absolute Gasteiger partial charge is 0.480 e.